The van der Waals surface area contributed by atoms with Crippen LogP contribution in [-0.2, 0) is 0 Å². The van der Waals surface area contributed by atoms with Crippen LogP contribution in [0.1, 0.15) is 5.56 Å². The maximum atomic E-state index is 5.36. The molecule has 0 radical (unpaired) electrons. The third-order valence-corrected chi connectivity index (χ3v) is 1.41. The van der Waals surface area contributed by atoms with Crippen molar-refractivity contribution in [3.8, 4) is 5.88 Å². The molecule has 0 bridgehead atoms. The highest BCUT2D eigenvalue weighted by Crippen LogP contribution is 2.19. The van der Waals surface area contributed by atoms with E-state index >= 15 is 0 Å². The SMILES string of the molecule is Nc1ncc2c(n1)OCC=C2. The van der Waals surface area contributed by atoms with E-state index in [4.69, 9.17) is 10.5 Å². The molecule has 0 saturated heterocycles. The van der Waals surface area contributed by atoms with Crippen molar-refractivity contribution in [3.63, 3.8) is 0 Å². The molecule has 4 nitrogen and oxygen atoms in total. The summed E-state index contributed by atoms with van der Waals surface area (Å²) in [6.45, 7) is 0.559. The molecular weight excluding hydrogens is 142 g/mol. The fourth-order valence-electron chi connectivity index (χ4n) is 0.920. The predicted molar refractivity (Wildman–Crippen MR) is 41.0 cm³/mol. The van der Waals surface area contributed by atoms with Gasteiger partial charge in [-0.3, -0.25) is 0 Å². The van der Waals surface area contributed by atoms with E-state index in [1.807, 2.05) is 12.2 Å². The molecule has 1 aromatic heterocycles. The van der Waals surface area contributed by atoms with E-state index < -0.39 is 0 Å². The largest absolute Gasteiger partial charge is 0.473 e. The molecule has 0 unspecified atom stereocenters. The Morgan fingerprint density at radius 1 is 1.55 bits per heavy atom. The van der Waals surface area contributed by atoms with Crippen molar-refractivity contribution in [2.45, 2.75) is 0 Å². The monoisotopic (exact) mass is 149 g/mol. The highest BCUT2D eigenvalue weighted by Gasteiger charge is 2.06. The van der Waals surface area contributed by atoms with E-state index in [1.54, 1.807) is 6.20 Å². The second kappa shape index (κ2) is 2.23. The van der Waals surface area contributed by atoms with Gasteiger partial charge >= 0.3 is 0 Å². The standard InChI is InChI=1S/C7H7N3O/c8-7-9-4-5-2-1-3-11-6(5)10-7/h1-2,4H,3H2,(H2,8,9,10). The first-order valence-electron chi connectivity index (χ1n) is 3.28. The van der Waals surface area contributed by atoms with E-state index in [0.29, 0.717) is 12.5 Å². The number of fused-ring (bicyclic) bond motifs is 1. The highest BCUT2D eigenvalue weighted by molar-refractivity contribution is 5.56. The van der Waals surface area contributed by atoms with Crippen LogP contribution in [0, 0.1) is 0 Å². The van der Waals surface area contributed by atoms with Gasteiger partial charge in [0.1, 0.15) is 6.61 Å². The zero-order valence-corrected chi connectivity index (χ0v) is 5.82. The van der Waals surface area contributed by atoms with Gasteiger partial charge in [-0.2, -0.15) is 4.98 Å². The zero-order chi connectivity index (χ0) is 7.68. The molecule has 0 aromatic carbocycles. The third-order valence-electron chi connectivity index (χ3n) is 1.41. The first-order chi connectivity index (χ1) is 5.36. The molecule has 0 atom stereocenters. The van der Waals surface area contributed by atoms with E-state index in [-0.39, 0.29) is 5.95 Å². The third kappa shape index (κ3) is 1.02. The number of anilines is 1. The van der Waals surface area contributed by atoms with E-state index in [9.17, 15) is 0 Å². The van der Waals surface area contributed by atoms with Crippen LogP contribution in [0.25, 0.3) is 6.08 Å². The Morgan fingerprint density at radius 2 is 2.45 bits per heavy atom. The van der Waals surface area contributed by atoms with E-state index in [2.05, 4.69) is 9.97 Å². The van der Waals surface area contributed by atoms with Crippen molar-refractivity contribution >= 4 is 12.0 Å². The maximum Gasteiger partial charge on any atom is 0.225 e. The fraction of sp³-hybridized carbons (Fsp3) is 0.143. The van der Waals surface area contributed by atoms with Gasteiger partial charge in [0.05, 0.1) is 5.56 Å². The summed E-state index contributed by atoms with van der Waals surface area (Å²) in [6, 6.07) is 0. The molecule has 0 fully saturated rings. The van der Waals surface area contributed by atoms with Crippen LogP contribution in [0.3, 0.4) is 0 Å². The molecule has 4 heteroatoms. The zero-order valence-electron chi connectivity index (χ0n) is 5.82. The molecule has 0 saturated carbocycles. The molecular formula is C7H7N3O. The Hall–Kier alpha value is -1.58. The number of hydrogen-bond acceptors (Lipinski definition) is 4. The first-order valence-corrected chi connectivity index (χ1v) is 3.28. The van der Waals surface area contributed by atoms with Gasteiger partial charge in [-0.15, -0.1) is 0 Å². The van der Waals surface area contributed by atoms with Crippen molar-refractivity contribution in [2.75, 3.05) is 12.3 Å². The van der Waals surface area contributed by atoms with E-state index in [0.717, 1.165) is 5.56 Å². The lowest BCUT2D eigenvalue weighted by Crippen LogP contribution is -2.05. The molecule has 56 valence electrons. The Bertz CT molecular complexity index is 309. The minimum absolute atomic E-state index is 0.249. The van der Waals surface area contributed by atoms with Gasteiger partial charge in [0.25, 0.3) is 0 Å². The second-order valence-corrected chi connectivity index (χ2v) is 2.20. The van der Waals surface area contributed by atoms with Crippen LogP contribution in [0.2, 0.25) is 0 Å². The lowest BCUT2D eigenvalue weighted by molar-refractivity contribution is 0.344. The number of nitrogens with two attached hydrogens (primary N) is 1. The molecule has 1 aliphatic heterocycles. The second-order valence-electron chi connectivity index (χ2n) is 2.20. The van der Waals surface area contributed by atoms with Gasteiger partial charge in [0.2, 0.25) is 11.8 Å². The summed E-state index contributed by atoms with van der Waals surface area (Å²) < 4.78 is 5.19. The number of nitrogen functional groups attached to an aromatic ring is 1. The number of aromatic nitrogens is 2. The summed E-state index contributed by atoms with van der Waals surface area (Å²) in [5.41, 5.74) is 6.24. The van der Waals surface area contributed by atoms with Crippen molar-refractivity contribution in [1.29, 1.82) is 0 Å². The van der Waals surface area contributed by atoms with Gasteiger partial charge < -0.3 is 10.5 Å². The molecule has 0 aliphatic carbocycles. The quantitative estimate of drug-likeness (QED) is 0.582. The van der Waals surface area contributed by atoms with Gasteiger partial charge in [0, 0.05) is 6.20 Å². The Kier molecular flexibility index (Phi) is 1.25. The minimum atomic E-state index is 0.249. The predicted octanol–water partition coefficient (Wildman–Crippen LogP) is 0.464. The van der Waals surface area contributed by atoms with Crippen molar-refractivity contribution in [1.82, 2.24) is 9.97 Å². The van der Waals surface area contributed by atoms with E-state index in [1.165, 1.54) is 0 Å². The molecule has 2 rings (SSSR count). The number of ether oxygens (including phenoxy) is 1. The highest BCUT2D eigenvalue weighted by atomic mass is 16.5. The summed E-state index contributed by atoms with van der Waals surface area (Å²) in [5, 5.41) is 0. The lowest BCUT2D eigenvalue weighted by atomic mass is 10.2. The van der Waals surface area contributed by atoms with Crippen molar-refractivity contribution in [3.05, 3.63) is 17.8 Å². The summed E-state index contributed by atoms with van der Waals surface area (Å²) in [7, 11) is 0. The molecule has 0 spiro atoms. The smallest absolute Gasteiger partial charge is 0.225 e. The molecule has 11 heavy (non-hydrogen) atoms. The van der Waals surface area contributed by atoms with Crippen LogP contribution in [0.4, 0.5) is 5.95 Å². The average molecular weight is 149 g/mol. The molecule has 1 aromatic rings. The summed E-state index contributed by atoms with van der Waals surface area (Å²) >= 11 is 0. The minimum Gasteiger partial charge on any atom is -0.473 e. The van der Waals surface area contributed by atoms with Crippen LogP contribution >= 0.6 is 0 Å². The summed E-state index contributed by atoms with van der Waals surface area (Å²) in [6.07, 6.45) is 5.47. The Labute approximate surface area is 63.7 Å². The number of hydrogen-bond donors (Lipinski definition) is 1. The average Bonchev–Trinajstić information content (AvgIpc) is 2.04. The van der Waals surface area contributed by atoms with Crippen molar-refractivity contribution < 1.29 is 4.74 Å². The normalized spacial score (nSPS) is 13.8. The van der Waals surface area contributed by atoms with Gasteiger partial charge in [0.15, 0.2) is 0 Å². The van der Waals surface area contributed by atoms with Crippen LogP contribution in [0.15, 0.2) is 12.3 Å². The lowest BCUT2D eigenvalue weighted by Gasteiger charge is -2.09. The van der Waals surface area contributed by atoms with Gasteiger partial charge in [-0.25, -0.2) is 4.98 Å². The molecule has 1 aliphatic rings. The Morgan fingerprint density at radius 3 is 3.36 bits per heavy atom. The van der Waals surface area contributed by atoms with Crippen LogP contribution in [-0.4, -0.2) is 16.6 Å². The van der Waals surface area contributed by atoms with Gasteiger partial charge in [-0.1, -0.05) is 0 Å². The van der Waals surface area contributed by atoms with Gasteiger partial charge in [-0.05, 0) is 12.2 Å². The van der Waals surface area contributed by atoms with Crippen LogP contribution < -0.4 is 10.5 Å². The topological polar surface area (TPSA) is 61.0 Å². The summed E-state index contributed by atoms with van der Waals surface area (Å²) in [4.78, 5) is 7.73. The maximum absolute atomic E-state index is 5.36. The Balaban J connectivity index is 2.53. The molecule has 2 heterocycles. The fourth-order valence-corrected chi connectivity index (χ4v) is 0.920. The summed E-state index contributed by atoms with van der Waals surface area (Å²) in [5.74, 6) is 0.819. The number of nitrogens with zero attached hydrogens (tertiary/aromatic N) is 2. The molecule has 2 N–H and O–H groups in total. The number of rotatable bonds is 0. The van der Waals surface area contributed by atoms with Crippen molar-refractivity contribution in [2.24, 2.45) is 0 Å². The molecule has 0 amide bonds. The van der Waals surface area contributed by atoms with Crippen LogP contribution in [0.5, 0.6) is 5.88 Å². The first kappa shape index (κ1) is 6.15.